The van der Waals surface area contributed by atoms with Gasteiger partial charge in [0.25, 0.3) is 5.69 Å². The number of oxazole rings is 1. The summed E-state index contributed by atoms with van der Waals surface area (Å²) in [5.41, 5.74) is 3.85. The zero-order valence-corrected chi connectivity index (χ0v) is 9.05. The number of anilines is 1. The van der Waals surface area contributed by atoms with Crippen LogP contribution >= 0.6 is 0 Å². The zero-order valence-electron chi connectivity index (χ0n) is 9.05. The van der Waals surface area contributed by atoms with E-state index in [0.29, 0.717) is 12.1 Å². The fourth-order valence-corrected chi connectivity index (χ4v) is 1.39. The summed E-state index contributed by atoms with van der Waals surface area (Å²) < 4.78 is 30.9. The summed E-state index contributed by atoms with van der Waals surface area (Å²) in [6, 6.07) is 2.55. The number of hydrogen-bond donors (Lipinski definition) is 1. The number of aromatic nitrogens is 1. The molecule has 2 N–H and O–H groups in total. The van der Waals surface area contributed by atoms with E-state index < -0.39 is 33.7 Å². The normalized spacial score (nSPS) is 10.2. The van der Waals surface area contributed by atoms with Gasteiger partial charge in [-0.3, -0.25) is 10.1 Å². The summed E-state index contributed by atoms with van der Waals surface area (Å²) >= 11 is 0. The highest BCUT2D eigenvalue weighted by molar-refractivity contribution is 5.68. The van der Waals surface area contributed by atoms with Crippen molar-refractivity contribution in [3.05, 3.63) is 39.6 Å². The second-order valence-corrected chi connectivity index (χ2v) is 3.38. The maximum absolute atomic E-state index is 13.1. The number of nitro benzene ring substituents is 1. The van der Waals surface area contributed by atoms with Crippen LogP contribution < -0.4 is 5.73 Å². The van der Waals surface area contributed by atoms with Gasteiger partial charge in [0, 0.05) is 0 Å². The molecule has 0 fully saturated rings. The van der Waals surface area contributed by atoms with Crippen molar-refractivity contribution in [2.24, 2.45) is 0 Å². The van der Waals surface area contributed by atoms with E-state index in [1.54, 1.807) is 6.07 Å². The highest BCUT2D eigenvalue weighted by Crippen LogP contribution is 2.32. The fraction of sp³-hybridized carbons (Fsp3) is 0. The molecule has 1 aromatic heterocycles. The van der Waals surface area contributed by atoms with Crippen LogP contribution in [0.3, 0.4) is 0 Å². The monoisotopic (exact) mass is 266 g/mol. The minimum Gasteiger partial charge on any atom is -0.419 e. The number of benzene rings is 1. The van der Waals surface area contributed by atoms with Gasteiger partial charge in [0.2, 0.25) is 17.5 Å². The minimum absolute atomic E-state index is 0.297. The molecule has 9 heteroatoms. The average molecular weight is 266 g/mol. The van der Waals surface area contributed by atoms with Crippen LogP contribution in [0.4, 0.5) is 20.4 Å². The van der Waals surface area contributed by atoms with Crippen molar-refractivity contribution in [1.82, 2.24) is 4.98 Å². The summed E-state index contributed by atoms with van der Waals surface area (Å²) in [4.78, 5) is 13.4. The molecule has 0 spiro atoms. The molecule has 0 saturated heterocycles. The van der Waals surface area contributed by atoms with E-state index >= 15 is 0 Å². The lowest BCUT2D eigenvalue weighted by Crippen LogP contribution is -1.96. The highest BCUT2D eigenvalue weighted by Gasteiger charge is 2.24. The van der Waals surface area contributed by atoms with Crippen LogP contribution in [0.5, 0.6) is 0 Å². The topological polar surface area (TPSA) is 119 Å². The number of nitrogens with two attached hydrogens (primary N) is 1. The molecule has 0 atom stereocenters. The molecule has 0 aliphatic carbocycles. The predicted octanol–water partition coefficient (Wildman–Crippen LogP) is 1.98. The average Bonchev–Trinajstić information content (AvgIpc) is 2.73. The largest absolute Gasteiger partial charge is 0.419 e. The predicted molar refractivity (Wildman–Crippen MR) is 57.6 cm³/mol. The third-order valence-corrected chi connectivity index (χ3v) is 2.22. The Hall–Kier alpha value is -3.02. The van der Waals surface area contributed by atoms with Crippen molar-refractivity contribution in [3.63, 3.8) is 0 Å². The van der Waals surface area contributed by atoms with Crippen molar-refractivity contribution in [2.75, 3.05) is 5.73 Å². The molecule has 1 heterocycles. The van der Waals surface area contributed by atoms with Crippen molar-refractivity contribution in [2.45, 2.75) is 0 Å². The number of nitro groups is 1. The van der Waals surface area contributed by atoms with Crippen molar-refractivity contribution >= 4 is 11.6 Å². The number of rotatable bonds is 2. The summed E-state index contributed by atoms with van der Waals surface area (Å²) in [5, 5.41) is 19.4. The van der Waals surface area contributed by atoms with E-state index in [9.17, 15) is 18.9 Å². The Kier molecular flexibility index (Phi) is 2.84. The first kappa shape index (κ1) is 12.4. The van der Waals surface area contributed by atoms with Crippen LogP contribution in [0, 0.1) is 33.1 Å². The SMILES string of the molecule is N#Cc1nc(-c2cc(F)c(F)cc2[N+](=O)[O-])oc1N. The lowest BCUT2D eigenvalue weighted by atomic mass is 10.1. The quantitative estimate of drug-likeness (QED) is 0.655. The van der Waals surface area contributed by atoms with Crippen LogP contribution in [0.1, 0.15) is 5.69 Å². The van der Waals surface area contributed by atoms with Crippen LogP contribution in [0.15, 0.2) is 16.5 Å². The third kappa shape index (κ3) is 2.06. The first-order valence-electron chi connectivity index (χ1n) is 4.74. The van der Waals surface area contributed by atoms with Crippen LogP contribution in [0.2, 0.25) is 0 Å². The van der Waals surface area contributed by atoms with Gasteiger partial charge >= 0.3 is 0 Å². The van der Waals surface area contributed by atoms with E-state index in [4.69, 9.17) is 15.4 Å². The summed E-state index contributed by atoms with van der Waals surface area (Å²) in [5.74, 6) is -3.48. The molecule has 96 valence electrons. The van der Waals surface area contributed by atoms with Gasteiger partial charge in [-0.1, -0.05) is 0 Å². The highest BCUT2D eigenvalue weighted by atomic mass is 19.2. The number of hydrogen-bond acceptors (Lipinski definition) is 6. The van der Waals surface area contributed by atoms with Crippen molar-refractivity contribution in [1.29, 1.82) is 5.26 Å². The number of nitrogens with zero attached hydrogens (tertiary/aromatic N) is 3. The molecule has 2 aromatic rings. The molecule has 2 rings (SSSR count). The van der Waals surface area contributed by atoms with E-state index in [1.165, 1.54) is 0 Å². The molecule has 0 bridgehead atoms. The molecule has 1 aromatic carbocycles. The molecule has 7 nitrogen and oxygen atoms in total. The number of nitriles is 1. The minimum atomic E-state index is -1.38. The number of halogens is 2. The second-order valence-electron chi connectivity index (χ2n) is 3.38. The Balaban J connectivity index is 2.70. The van der Waals surface area contributed by atoms with Crippen LogP contribution in [-0.4, -0.2) is 9.91 Å². The summed E-state index contributed by atoms with van der Waals surface area (Å²) in [6.07, 6.45) is 0. The van der Waals surface area contributed by atoms with Gasteiger partial charge in [0.05, 0.1) is 11.0 Å². The van der Waals surface area contributed by atoms with Gasteiger partial charge in [-0.2, -0.15) is 10.2 Å². The number of nitrogen functional groups attached to an aromatic ring is 1. The standard InChI is InChI=1S/C10H4F2N4O3/c11-5-1-4(8(16(17)18)2-6(5)12)10-15-7(3-13)9(14)19-10/h1-2H,14H2. The Morgan fingerprint density at radius 3 is 2.58 bits per heavy atom. The van der Waals surface area contributed by atoms with Crippen LogP contribution in [-0.2, 0) is 0 Å². The van der Waals surface area contributed by atoms with Crippen molar-refractivity contribution in [3.8, 4) is 17.5 Å². The molecule has 0 unspecified atom stereocenters. The summed E-state index contributed by atoms with van der Waals surface area (Å²) in [7, 11) is 0. The third-order valence-electron chi connectivity index (χ3n) is 2.22. The molecular formula is C10H4F2N4O3. The molecule has 0 aliphatic heterocycles. The molecule has 0 amide bonds. The summed E-state index contributed by atoms with van der Waals surface area (Å²) in [6.45, 7) is 0. The molecule has 19 heavy (non-hydrogen) atoms. The molecular weight excluding hydrogens is 262 g/mol. The van der Waals surface area contributed by atoms with E-state index in [0.717, 1.165) is 0 Å². The molecule has 0 saturated carbocycles. The van der Waals surface area contributed by atoms with Gasteiger partial charge in [-0.05, 0) is 6.07 Å². The molecule has 0 radical (unpaired) electrons. The Labute approximate surface area is 104 Å². The smallest absolute Gasteiger partial charge is 0.285 e. The van der Waals surface area contributed by atoms with Crippen LogP contribution in [0.25, 0.3) is 11.5 Å². The van der Waals surface area contributed by atoms with Gasteiger partial charge in [0.1, 0.15) is 11.6 Å². The van der Waals surface area contributed by atoms with Gasteiger partial charge in [-0.25, -0.2) is 8.78 Å². The fourth-order valence-electron chi connectivity index (χ4n) is 1.39. The Morgan fingerprint density at radius 2 is 2.05 bits per heavy atom. The maximum Gasteiger partial charge on any atom is 0.285 e. The first-order valence-corrected chi connectivity index (χ1v) is 4.74. The maximum atomic E-state index is 13.1. The lowest BCUT2D eigenvalue weighted by molar-refractivity contribution is -0.384. The first-order chi connectivity index (χ1) is 8.93. The Bertz CT molecular complexity index is 720. The Morgan fingerprint density at radius 1 is 1.42 bits per heavy atom. The van der Waals surface area contributed by atoms with Gasteiger partial charge in [-0.15, -0.1) is 0 Å². The molecule has 0 aliphatic rings. The second kappa shape index (κ2) is 4.34. The van der Waals surface area contributed by atoms with E-state index in [-0.39, 0.29) is 11.6 Å². The van der Waals surface area contributed by atoms with Gasteiger partial charge in [0.15, 0.2) is 11.6 Å². The lowest BCUT2D eigenvalue weighted by Gasteiger charge is -1.99. The van der Waals surface area contributed by atoms with Crippen molar-refractivity contribution < 1.29 is 18.1 Å². The zero-order chi connectivity index (χ0) is 14.2. The van der Waals surface area contributed by atoms with E-state index in [2.05, 4.69) is 4.98 Å². The van der Waals surface area contributed by atoms with Gasteiger partial charge < -0.3 is 10.2 Å². The van der Waals surface area contributed by atoms with E-state index in [1.807, 2.05) is 0 Å².